The molecule has 1 aromatic carbocycles. The van der Waals surface area contributed by atoms with Gasteiger partial charge in [0.2, 0.25) is 11.8 Å². The van der Waals surface area contributed by atoms with Gasteiger partial charge in [0.15, 0.2) is 0 Å². The molecule has 8 fully saturated rings. The monoisotopic (exact) mass is 1830 g/mol. The van der Waals surface area contributed by atoms with Gasteiger partial charge in [0, 0.05) is 108 Å². The number of rotatable bonds is 19. The summed E-state index contributed by atoms with van der Waals surface area (Å²) in [4.78, 5) is 52.5. The Hall–Kier alpha value is -5.36. The number of aromatic nitrogens is 4. The second kappa shape index (κ2) is 51.2. The number of carbonyl (C=O) groups is 2. The number of amides is 2. The first kappa shape index (κ1) is 113. The van der Waals surface area contributed by atoms with E-state index in [0.29, 0.717) is 87.7 Å². The molecular formula is C109H187F3N14O3S. The number of nitriles is 2. The third-order valence-corrected chi connectivity index (χ3v) is 34.3. The molecule has 0 N–H and O–H groups in total. The molecule has 1 atom stereocenters. The second-order valence-corrected chi connectivity index (χ2v) is 48.6. The lowest BCUT2D eigenvalue weighted by atomic mass is 9.63. The Balaban J connectivity index is 0.000000234. The smallest absolute Gasteiger partial charge is 0.383 e. The van der Waals surface area contributed by atoms with Crippen molar-refractivity contribution in [2.24, 2.45) is 84.2 Å². The van der Waals surface area contributed by atoms with Crippen LogP contribution in [0.5, 0.6) is 0 Å². The first-order valence-electron chi connectivity index (χ1n) is 50.8. The SMILES string of the molecule is CC(C)(C)C1(C)CCN(CC(F)(F)F)CC1.CC(C)(C)C1(C)CCN(Cc2cccc(C#N)c2)CC1.CC(C)(C)C1(C)CCN(Cc2ccnc(C#N)c2)CC1.CC(C)(C)C1(C)CCN(Cc2cncs2)CC1.CC(C)C1CCN(C(=O)[C@@H]2CCCCN2C(C)C)CC1.CCn1ncc(CN2CCC(C(C)(C)C)CC2)c1C.COCCN(C)C(=O)CC1CCC(C(C)C)CC1. The third kappa shape index (κ3) is 36.0. The third-order valence-electron chi connectivity index (χ3n) is 33.5. The number of likely N-dealkylation sites (N-methyl/N-ethyl adjacent to an activating group) is 1. The number of pyridine rings is 1. The van der Waals surface area contributed by atoms with Gasteiger partial charge in [0.05, 0.1) is 42.5 Å². The zero-order valence-electron chi connectivity index (χ0n) is 87.9. The average molecular weight is 1830 g/mol. The summed E-state index contributed by atoms with van der Waals surface area (Å²) < 4.78 is 43.8. The van der Waals surface area contributed by atoms with Crippen LogP contribution < -0.4 is 0 Å². The van der Waals surface area contributed by atoms with Gasteiger partial charge in [-0.3, -0.25) is 48.7 Å². The Labute approximate surface area is 796 Å². The van der Waals surface area contributed by atoms with E-state index in [1.807, 2.05) is 49.1 Å². The molecule has 10 heterocycles. The topological polar surface area (TPSA) is 160 Å². The van der Waals surface area contributed by atoms with Crippen LogP contribution in [0.2, 0.25) is 0 Å². The van der Waals surface area contributed by atoms with Crippen LogP contribution in [0.25, 0.3) is 0 Å². The van der Waals surface area contributed by atoms with E-state index in [1.54, 1.807) is 29.5 Å². The number of methoxy groups -OCH3 is 1. The van der Waals surface area contributed by atoms with Gasteiger partial charge < -0.3 is 14.5 Å². The van der Waals surface area contributed by atoms with Gasteiger partial charge in [-0.2, -0.15) is 28.8 Å². The van der Waals surface area contributed by atoms with E-state index < -0.39 is 12.7 Å². The number of halogens is 3. The number of nitrogens with zero attached hydrogens (tertiary/aromatic N) is 14. The number of likely N-dealkylation sites (tertiary alicyclic amines) is 7. The minimum Gasteiger partial charge on any atom is -0.383 e. The minimum atomic E-state index is -4.06. The molecule has 1 aliphatic carbocycles. The minimum absolute atomic E-state index is 0.152. The summed E-state index contributed by atoms with van der Waals surface area (Å²) in [6, 6.07) is 16.9. The Morgan fingerprint density at radius 1 is 0.569 bits per heavy atom. The highest BCUT2D eigenvalue weighted by Gasteiger charge is 2.45. The zero-order valence-corrected chi connectivity index (χ0v) is 88.7. The normalized spacial score (nSPS) is 21.9. The van der Waals surface area contributed by atoms with Crippen molar-refractivity contribution < 1.29 is 27.5 Å². The van der Waals surface area contributed by atoms with Crippen molar-refractivity contribution in [3.8, 4) is 12.1 Å². The lowest BCUT2D eigenvalue weighted by Gasteiger charge is -2.48. The Kier molecular flexibility index (Phi) is 44.6. The molecule has 3 aromatic heterocycles. The van der Waals surface area contributed by atoms with E-state index in [0.717, 1.165) is 139 Å². The highest BCUT2D eigenvalue weighted by molar-refractivity contribution is 7.09. The Bertz CT molecular complexity index is 3880. The molecule has 738 valence electrons. The molecule has 7 aliphatic heterocycles. The molecule has 4 aromatic rings. The highest BCUT2D eigenvalue weighted by atomic mass is 32.1. The molecule has 8 aliphatic rings. The number of carbonyl (C=O) groups excluding carboxylic acids is 2. The summed E-state index contributed by atoms with van der Waals surface area (Å²) in [5.41, 5.74) is 11.7. The maximum Gasteiger partial charge on any atom is 0.401 e. The fourth-order valence-electron chi connectivity index (χ4n) is 20.3. The Morgan fingerprint density at radius 2 is 1.04 bits per heavy atom. The van der Waals surface area contributed by atoms with Gasteiger partial charge in [-0.15, -0.1) is 11.3 Å². The fraction of sp³-hybridized carbons (Fsp3) is 0.807. The van der Waals surface area contributed by atoms with Crippen molar-refractivity contribution in [3.63, 3.8) is 0 Å². The van der Waals surface area contributed by atoms with E-state index in [9.17, 15) is 22.8 Å². The summed E-state index contributed by atoms with van der Waals surface area (Å²) in [7, 11) is 3.55. The lowest BCUT2D eigenvalue weighted by Crippen LogP contribution is -2.54. The van der Waals surface area contributed by atoms with Crippen molar-refractivity contribution in [1.82, 2.24) is 58.9 Å². The molecule has 7 saturated heterocycles. The van der Waals surface area contributed by atoms with E-state index in [1.165, 1.54) is 161 Å². The average Bonchev–Trinajstić information content (AvgIpc) is 1.06. The van der Waals surface area contributed by atoms with Crippen LogP contribution in [0.1, 0.15) is 347 Å². The molecular weight excluding hydrogens is 1640 g/mol. The van der Waals surface area contributed by atoms with Crippen LogP contribution in [0.15, 0.2) is 60.5 Å². The lowest BCUT2D eigenvalue weighted by molar-refractivity contribution is -0.152. The van der Waals surface area contributed by atoms with Gasteiger partial charge in [-0.1, -0.05) is 178 Å². The van der Waals surface area contributed by atoms with E-state index >= 15 is 0 Å². The fourth-order valence-corrected chi connectivity index (χ4v) is 20.9. The van der Waals surface area contributed by atoms with Crippen molar-refractivity contribution in [1.29, 1.82) is 10.5 Å². The number of benzene rings is 1. The van der Waals surface area contributed by atoms with Crippen molar-refractivity contribution in [2.75, 3.05) is 119 Å². The van der Waals surface area contributed by atoms with Crippen LogP contribution in [-0.2, 0) is 47.0 Å². The second-order valence-electron chi connectivity index (χ2n) is 47.7. The van der Waals surface area contributed by atoms with Gasteiger partial charge in [0.1, 0.15) is 11.8 Å². The van der Waals surface area contributed by atoms with Gasteiger partial charge in [-0.05, 0) is 335 Å². The van der Waals surface area contributed by atoms with Gasteiger partial charge in [-0.25, -0.2) is 4.98 Å². The van der Waals surface area contributed by atoms with Crippen LogP contribution in [0, 0.1) is 114 Å². The molecule has 0 unspecified atom stereocenters. The van der Waals surface area contributed by atoms with E-state index in [-0.39, 0.29) is 22.8 Å². The predicted octanol–water partition coefficient (Wildman–Crippen LogP) is 24.9. The predicted molar refractivity (Wildman–Crippen MR) is 536 cm³/mol. The molecule has 12 rings (SSSR count). The number of hydrogen-bond acceptors (Lipinski definition) is 15. The van der Waals surface area contributed by atoms with Crippen LogP contribution in [0.4, 0.5) is 13.2 Å². The molecule has 2 amide bonds. The summed E-state index contributed by atoms with van der Waals surface area (Å²) in [5.74, 6) is 5.41. The quantitative estimate of drug-likeness (QED) is 0.0872. The summed E-state index contributed by atoms with van der Waals surface area (Å²) in [5, 5.41) is 22.3. The maximum absolute atomic E-state index is 12.8. The number of aryl methyl sites for hydroxylation is 1. The summed E-state index contributed by atoms with van der Waals surface area (Å²) in [6.45, 7) is 81.7. The molecule has 17 nitrogen and oxygen atoms in total. The summed E-state index contributed by atoms with van der Waals surface area (Å²) >= 11 is 1.77. The number of ether oxygens (including phenoxy) is 1. The first-order valence-corrected chi connectivity index (χ1v) is 51.6. The van der Waals surface area contributed by atoms with E-state index in [2.05, 4.69) is 260 Å². The van der Waals surface area contributed by atoms with Crippen LogP contribution in [0.3, 0.4) is 0 Å². The summed E-state index contributed by atoms with van der Waals surface area (Å²) in [6.07, 6.45) is 25.4. The molecule has 0 spiro atoms. The van der Waals surface area contributed by atoms with Crippen molar-refractivity contribution in [3.05, 3.63) is 99.0 Å². The molecule has 1 saturated carbocycles. The zero-order chi connectivity index (χ0) is 97.0. The van der Waals surface area contributed by atoms with Gasteiger partial charge in [0.25, 0.3) is 0 Å². The number of hydrogen-bond donors (Lipinski definition) is 0. The number of thiazole rings is 1. The first-order chi connectivity index (χ1) is 60.6. The maximum atomic E-state index is 12.8. The molecule has 0 bridgehead atoms. The van der Waals surface area contributed by atoms with Gasteiger partial charge >= 0.3 is 6.18 Å². The molecule has 130 heavy (non-hydrogen) atoms. The van der Waals surface area contributed by atoms with E-state index in [4.69, 9.17) is 15.3 Å². The Morgan fingerprint density at radius 3 is 1.45 bits per heavy atom. The van der Waals surface area contributed by atoms with Crippen LogP contribution >= 0.6 is 11.3 Å². The van der Waals surface area contributed by atoms with Crippen molar-refractivity contribution >= 4 is 23.2 Å². The standard InChI is InChI=1S/C18H26N2.C17H25N3.C17H32N2O.C16H29N3.C15H29NO2.C14H24N2S.C12H22F3N/c1-17(2,3)18(4)8-10-20(11-9-18)14-16-7-5-6-15(12-16)13-19;1-16(2,3)17(4)6-9-20(10-7-17)13-14-5-8-19-15(11-14)12-18;1-13(2)15-8-11-18(12-9-15)17(20)16-7-5-6-10-19(16)14(3)4;1-6-19-13(2)14(11-17-19)12-18-9-7-15(8-10-18)16(3,4)5;1-12(2)14-7-5-13(6-8-14)11-15(17)16(3)9-10-18-4;1-13(2,3)14(4)5-7-16(8-6-14)10-12-9-15-11-17-12;1-10(2,3)11(4)5-7-16(8-6-11)9-12(13,14)15/h5-7,12H,8-11,14H2,1-4H3;5,8,11H,6-7,9-10,13H2,1-4H3;13-16H,5-12H2,1-4H3;11,15H,6-10,12H2,1-5H3;12-14H,5-11H2,1-4H3;9,11H,5-8,10H2,1-4H3;5-9H2,1-4H3/t;;16-;;;;/m..0..../s1. The number of alkyl halides is 3. The van der Waals surface area contributed by atoms with Crippen molar-refractivity contribution in [2.45, 2.75) is 366 Å². The molecule has 21 heteroatoms. The molecule has 0 radical (unpaired) electrons. The highest BCUT2D eigenvalue weighted by Crippen LogP contribution is 2.51. The largest absolute Gasteiger partial charge is 0.401 e. The number of piperidine rings is 7. The van der Waals surface area contributed by atoms with Crippen LogP contribution in [-0.4, -0.2) is 208 Å².